The van der Waals surface area contributed by atoms with Gasteiger partial charge in [-0.1, -0.05) is 6.92 Å². The van der Waals surface area contributed by atoms with E-state index in [9.17, 15) is 13.2 Å². The van der Waals surface area contributed by atoms with Gasteiger partial charge < -0.3 is 15.5 Å². The average molecular weight is 377 g/mol. The molecule has 1 aromatic rings. The number of hydrogen-bond acceptors (Lipinski definition) is 4. The lowest BCUT2D eigenvalue weighted by atomic mass is 10.1. The van der Waals surface area contributed by atoms with Crippen LogP contribution in [-0.4, -0.2) is 55.6 Å². The molecule has 142 valence electrons. The van der Waals surface area contributed by atoms with Gasteiger partial charge in [0.25, 0.3) is 0 Å². The molecule has 1 atom stereocenters. The molecule has 2 heterocycles. The summed E-state index contributed by atoms with van der Waals surface area (Å²) in [4.78, 5) is 10.3. The van der Waals surface area contributed by atoms with Gasteiger partial charge in [-0.05, 0) is 31.8 Å². The molecule has 2 N–H and O–H groups in total. The fourth-order valence-corrected chi connectivity index (χ4v) is 3.61. The van der Waals surface area contributed by atoms with E-state index in [0.717, 1.165) is 29.8 Å². The number of nitrogens with one attached hydrogen (secondary N) is 2. The van der Waals surface area contributed by atoms with E-state index in [0.29, 0.717) is 29.9 Å². The normalized spacial score (nSPS) is 17.7. The Kier molecular flexibility index (Phi) is 7.49. The first-order valence-electron chi connectivity index (χ1n) is 8.57. The van der Waals surface area contributed by atoms with E-state index in [-0.39, 0.29) is 0 Å². The molecule has 0 saturated carbocycles. The summed E-state index contributed by atoms with van der Waals surface area (Å²) in [5, 5.41) is 7.93. The zero-order valence-electron chi connectivity index (χ0n) is 14.7. The standard InChI is InChI=1S/C16H26F3N5S/c1-12(10-24-7-3-4-8-24)9-22-15(20-2)21-6-5-14-23-13(11-25-14)16(17,18)19/h11-12H,3-10H2,1-2H3,(H2,20,21,22). The van der Waals surface area contributed by atoms with Crippen LogP contribution in [0.4, 0.5) is 13.2 Å². The Hall–Kier alpha value is -1.35. The molecular weight excluding hydrogens is 351 g/mol. The van der Waals surface area contributed by atoms with E-state index >= 15 is 0 Å². The van der Waals surface area contributed by atoms with E-state index in [2.05, 4.69) is 32.4 Å². The van der Waals surface area contributed by atoms with Crippen LogP contribution in [0.25, 0.3) is 0 Å². The third kappa shape index (κ3) is 6.81. The molecule has 0 amide bonds. The summed E-state index contributed by atoms with van der Waals surface area (Å²) in [5.74, 6) is 1.17. The molecule has 0 bridgehead atoms. The van der Waals surface area contributed by atoms with Gasteiger partial charge in [-0.15, -0.1) is 11.3 Å². The largest absolute Gasteiger partial charge is 0.434 e. The highest BCUT2D eigenvalue weighted by molar-refractivity contribution is 7.09. The second kappa shape index (κ2) is 9.38. The van der Waals surface area contributed by atoms with Crippen LogP contribution in [0.1, 0.15) is 30.5 Å². The van der Waals surface area contributed by atoms with Crippen LogP contribution in [0.15, 0.2) is 10.4 Å². The molecule has 1 aliphatic rings. The van der Waals surface area contributed by atoms with Gasteiger partial charge in [0.05, 0.1) is 5.01 Å². The minimum absolute atomic E-state index is 0.435. The molecule has 5 nitrogen and oxygen atoms in total. The van der Waals surface area contributed by atoms with Crippen LogP contribution in [-0.2, 0) is 12.6 Å². The number of aliphatic imine (C=N–C) groups is 1. The van der Waals surface area contributed by atoms with Crippen molar-refractivity contribution >= 4 is 17.3 Å². The Balaban J connectivity index is 1.67. The molecule has 2 rings (SSSR count). The lowest BCUT2D eigenvalue weighted by Crippen LogP contribution is -2.42. The highest BCUT2D eigenvalue weighted by atomic mass is 32.1. The maximum Gasteiger partial charge on any atom is 0.434 e. The third-order valence-electron chi connectivity index (χ3n) is 4.08. The van der Waals surface area contributed by atoms with Crippen LogP contribution in [0, 0.1) is 5.92 Å². The number of hydrogen-bond donors (Lipinski definition) is 2. The van der Waals surface area contributed by atoms with Crippen molar-refractivity contribution in [3.63, 3.8) is 0 Å². The highest BCUT2D eigenvalue weighted by Crippen LogP contribution is 2.29. The summed E-state index contributed by atoms with van der Waals surface area (Å²) in [7, 11) is 1.69. The van der Waals surface area contributed by atoms with E-state index in [1.165, 1.54) is 25.9 Å². The minimum atomic E-state index is -4.37. The molecule has 1 fully saturated rings. The minimum Gasteiger partial charge on any atom is -0.356 e. The van der Waals surface area contributed by atoms with Crippen LogP contribution in [0.3, 0.4) is 0 Å². The summed E-state index contributed by atoms with van der Waals surface area (Å²) in [6.45, 7) is 6.95. The summed E-state index contributed by atoms with van der Waals surface area (Å²) < 4.78 is 37.6. The summed E-state index contributed by atoms with van der Waals surface area (Å²) in [6.07, 6.45) is -1.36. The van der Waals surface area contributed by atoms with Crippen LogP contribution in [0.5, 0.6) is 0 Å². The number of alkyl halides is 3. The van der Waals surface area contributed by atoms with Crippen molar-refractivity contribution < 1.29 is 13.2 Å². The zero-order chi connectivity index (χ0) is 18.3. The van der Waals surface area contributed by atoms with Crippen molar-refractivity contribution in [1.29, 1.82) is 0 Å². The van der Waals surface area contributed by atoms with Crippen LogP contribution >= 0.6 is 11.3 Å². The number of aromatic nitrogens is 1. The number of likely N-dealkylation sites (tertiary alicyclic amines) is 1. The molecule has 0 spiro atoms. The first-order valence-corrected chi connectivity index (χ1v) is 9.45. The Morgan fingerprint density at radius 2 is 2.08 bits per heavy atom. The van der Waals surface area contributed by atoms with Crippen molar-refractivity contribution in [2.24, 2.45) is 10.9 Å². The molecule has 0 radical (unpaired) electrons. The van der Waals surface area contributed by atoms with Gasteiger partial charge >= 0.3 is 6.18 Å². The number of rotatable bonds is 7. The number of thiazole rings is 1. The van der Waals surface area contributed by atoms with Gasteiger partial charge in [-0.25, -0.2) is 4.98 Å². The molecule has 1 aliphatic heterocycles. The second-order valence-electron chi connectivity index (χ2n) is 6.37. The van der Waals surface area contributed by atoms with E-state index in [1.54, 1.807) is 7.05 Å². The zero-order valence-corrected chi connectivity index (χ0v) is 15.5. The molecular formula is C16H26F3N5S. The van der Waals surface area contributed by atoms with Crippen molar-refractivity contribution in [3.8, 4) is 0 Å². The SMILES string of the molecule is CN=C(NCCc1nc(C(F)(F)F)cs1)NCC(C)CN1CCCC1. The van der Waals surface area contributed by atoms with E-state index < -0.39 is 11.9 Å². The topological polar surface area (TPSA) is 52.6 Å². The Morgan fingerprint density at radius 1 is 1.36 bits per heavy atom. The molecule has 9 heteroatoms. The van der Waals surface area contributed by atoms with Crippen molar-refractivity contribution in [1.82, 2.24) is 20.5 Å². The molecule has 25 heavy (non-hydrogen) atoms. The summed E-state index contributed by atoms with van der Waals surface area (Å²) in [5.41, 5.74) is -0.814. The van der Waals surface area contributed by atoms with Gasteiger partial charge in [0, 0.05) is 38.5 Å². The molecule has 1 unspecified atom stereocenters. The molecule has 1 aromatic heterocycles. The van der Waals surface area contributed by atoms with Crippen molar-refractivity contribution in [2.45, 2.75) is 32.4 Å². The van der Waals surface area contributed by atoms with Gasteiger partial charge in [0.2, 0.25) is 0 Å². The maximum atomic E-state index is 12.5. The Labute approximate surface area is 150 Å². The quantitative estimate of drug-likeness (QED) is 0.567. The average Bonchev–Trinajstić information content (AvgIpc) is 3.21. The maximum absolute atomic E-state index is 12.5. The van der Waals surface area contributed by atoms with Gasteiger partial charge in [-0.2, -0.15) is 13.2 Å². The Bertz CT molecular complexity index is 552. The van der Waals surface area contributed by atoms with Crippen LogP contribution < -0.4 is 10.6 Å². The van der Waals surface area contributed by atoms with Crippen LogP contribution in [0.2, 0.25) is 0 Å². The summed E-state index contributed by atoms with van der Waals surface area (Å²) >= 11 is 1.03. The number of guanidine groups is 1. The van der Waals surface area contributed by atoms with Crippen molar-refractivity contribution in [2.75, 3.05) is 39.8 Å². The summed E-state index contributed by atoms with van der Waals surface area (Å²) in [6, 6.07) is 0. The first kappa shape index (κ1) is 20.0. The predicted molar refractivity (Wildman–Crippen MR) is 95.0 cm³/mol. The molecule has 0 aliphatic carbocycles. The molecule has 0 aromatic carbocycles. The second-order valence-corrected chi connectivity index (χ2v) is 7.31. The van der Waals surface area contributed by atoms with E-state index in [1.807, 2.05) is 0 Å². The number of halogens is 3. The monoisotopic (exact) mass is 377 g/mol. The lowest BCUT2D eigenvalue weighted by molar-refractivity contribution is -0.140. The fraction of sp³-hybridized carbons (Fsp3) is 0.750. The van der Waals surface area contributed by atoms with Gasteiger partial charge in [-0.3, -0.25) is 4.99 Å². The van der Waals surface area contributed by atoms with Gasteiger partial charge in [0.1, 0.15) is 0 Å². The molecule has 1 saturated heterocycles. The first-order chi connectivity index (χ1) is 11.9. The highest BCUT2D eigenvalue weighted by Gasteiger charge is 2.33. The van der Waals surface area contributed by atoms with Crippen molar-refractivity contribution in [3.05, 3.63) is 16.1 Å². The fourth-order valence-electron chi connectivity index (χ4n) is 2.81. The number of nitrogens with zero attached hydrogens (tertiary/aromatic N) is 3. The smallest absolute Gasteiger partial charge is 0.356 e. The van der Waals surface area contributed by atoms with E-state index in [4.69, 9.17) is 0 Å². The van der Waals surface area contributed by atoms with Gasteiger partial charge in [0.15, 0.2) is 11.7 Å². The Morgan fingerprint density at radius 3 is 2.68 bits per heavy atom. The lowest BCUT2D eigenvalue weighted by Gasteiger charge is -2.21. The predicted octanol–water partition coefficient (Wildman–Crippen LogP) is 2.60. The third-order valence-corrected chi connectivity index (χ3v) is 4.99.